The first-order valence-corrected chi connectivity index (χ1v) is 8.46. The fourth-order valence-electron chi connectivity index (χ4n) is 3.20. The summed E-state index contributed by atoms with van der Waals surface area (Å²) in [5.41, 5.74) is 3.31. The molecule has 3 heterocycles. The van der Waals surface area contributed by atoms with Crippen LogP contribution in [0, 0.1) is 18.3 Å². The van der Waals surface area contributed by atoms with Crippen molar-refractivity contribution in [3.8, 4) is 11.4 Å². The van der Waals surface area contributed by atoms with E-state index in [2.05, 4.69) is 20.2 Å². The van der Waals surface area contributed by atoms with Crippen molar-refractivity contribution < 1.29 is 4.79 Å². The van der Waals surface area contributed by atoms with Crippen molar-refractivity contribution in [2.45, 2.75) is 40.5 Å². The van der Waals surface area contributed by atoms with Crippen molar-refractivity contribution in [1.29, 1.82) is 0 Å². The molecule has 0 aromatic carbocycles. The summed E-state index contributed by atoms with van der Waals surface area (Å²) >= 11 is 0. The van der Waals surface area contributed by atoms with Crippen LogP contribution < -0.4 is 0 Å². The molecule has 1 aliphatic heterocycles. The Hall–Kier alpha value is -2.24. The van der Waals surface area contributed by atoms with Gasteiger partial charge in [0, 0.05) is 36.6 Å². The summed E-state index contributed by atoms with van der Waals surface area (Å²) in [6.45, 7) is 9.53. The van der Waals surface area contributed by atoms with Crippen LogP contribution in [0.2, 0.25) is 0 Å². The predicted octanol–water partition coefficient (Wildman–Crippen LogP) is 2.61. The smallest absolute Gasteiger partial charge is 0.227 e. The molecule has 1 fully saturated rings. The van der Waals surface area contributed by atoms with Crippen LogP contribution in [-0.2, 0) is 11.2 Å². The van der Waals surface area contributed by atoms with E-state index >= 15 is 0 Å². The third-order valence-corrected chi connectivity index (χ3v) is 4.42. The molecule has 0 aliphatic carbocycles. The fraction of sp³-hybridized carbons (Fsp3) is 0.556. The van der Waals surface area contributed by atoms with E-state index < -0.39 is 0 Å². The summed E-state index contributed by atoms with van der Waals surface area (Å²) in [6.07, 6.45) is 5.26. The minimum Gasteiger partial charge on any atom is -0.342 e. The highest BCUT2D eigenvalue weighted by atomic mass is 16.2. The molecule has 3 rings (SSSR count). The first-order valence-electron chi connectivity index (χ1n) is 8.46. The highest BCUT2D eigenvalue weighted by Gasteiger charge is 2.33. The van der Waals surface area contributed by atoms with Gasteiger partial charge in [0.25, 0.3) is 0 Å². The van der Waals surface area contributed by atoms with Gasteiger partial charge in [0.2, 0.25) is 5.91 Å². The van der Waals surface area contributed by atoms with Crippen LogP contribution in [0.25, 0.3) is 11.4 Å². The average molecular weight is 327 g/mol. The summed E-state index contributed by atoms with van der Waals surface area (Å²) < 4.78 is 0. The van der Waals surface area contributed by atoms with Crippen LogP contribution >= 0.6 is 0 Å². The Labute approximate surface area is 142 Å². The standard InChI is InChI=1S/C18H25N5O/c1-12-9-15(22-21-12)16-14(19-6-7-20-16)10-13-5-8-23(11-13)17(24)18(2,3)4/h6-7,9,13H,5,8,10-11H2,1-4H3,(H,21,22)/t13-/m1/s1. The van der Waals surface area contributed by atoms with Crippen molar-refractivity contribution in [1.82, 2.24) is 25.1 Å². The number of carbonyl (C=O) groups excluding carboxylic acids is 1. The monoisotopic (exact) mass is 327 g/mol. The van der Waals surface area contributed by atoms with Crippen LogP contribution in [0.15, 0.2) is 18.5 Å². The van der Waals surface area contributed by atoms with E-state index in [1.807, 2.05) is 38.7 Å². The van der Waals surface area contributed by atoms with Crippen LogP contribution in [0.1, 0.15) is 38.6 Å². The SMILES string of the molecule is Cc1cc(-c2nccnc2C[C@H]2CCN(C(=O)C(C)(C)C)C2)n[nH]1. The molecule has 2 aromatic heterocycles. The second-order valence-corrected chi connectivity index (χ2v) is 7.65. The Bertz CT molecular complexity index is 731. The van der Waals surface area contributed by atoms with Crippen molar-refractivity contribution >= 4 is 5.91 Å². The lowest BCUT2D eigenvalue weighted by Gasteiger charge is -2.25. The average Bonchev–Trinajstić information content (AvgIpc) is 3.15. The summed E-state index contributed by atoms with van der Waals surface area (Å²) in [7, 11) is 0. The molecule has 24 heavy (non-hydrogen) atoms. The van der Waals surface area contributed by atoms with Crippen molar-refractivity contribution in [2.75, 3.05) is 13.1 Å². The van der Waals surface area contributed by atoms with E-state index in [9.17, 15) is 4.79 Å². The van der Waals surface area contributed by atoms with Crippen molar-refractivity contribution in [2.24, 2.45) is 11.3 Å². The maximum atomic E-state index is 12.4. The third-order valence-electron chi connectivity index (χ3n) is 4.42. The van der Waals surface area contributed by atoms with Gasteiger partial charge in [-0.3, -0.25) is 19.9 Å². The van der Waals surface area contributed by atoms with E-state index in [-0.39, 0.29) is 11.3 Å². The first kappa shape index (κ1) is 16.6. The van der Waals surface area contributed by atoms with Gasteiger partial charge in [-0.1, -0.05) is 20.8 Å². The molecule has 6 heteroatoms. The summed E-state index contributed by atoms with van der Waals surface area (Å²) in [6, 6.07) is 1.98. The van der Waals surface area contributed by atoms with E-state index in [1.54, 1.807) is 12.4 Å². The number of H-pyrrole nitrogens is 1. The third kappa shape index (κ3) is 3.47. The Morgan fingerprint density at radius 1 is 1.33 bits per heavy atom. The van der Waals surface area contributed by atoms with Gasteiger partial charge < -0.3 is 4.90 Å². The molecule has 1 amide bonds. The maximum absolute atomic E-state index is 12.4. The molecule has 2 aromatic rings. The molecule has 6 nitrogen and oxygen atoms in total. The van der Waals surface area contributed by atoms with Crippen molar-refractivity contribution in [3.05, 3.63) is 29.8 Å². The van der Waals surface area contributed by atoms with Crippen LogP contribution in [0.3, 0.4) is 0 Å². The Balaban J connectivity index is 1.73. The molecule has 1 saturated heterocycles. The van der Waals surface area contributed by atoms with E-state index in [0.717, 1.165) is 48.7 Å². The number of hydrogen-bond donors (Lipinski definition) is 1. The molecular weight excluding hydrogens is 302 g/mol. The molecule has 0 bridgehead atoms. The zero-order valence-corrected chi connectivity index (χ0v) is 14.8. The zero-order valence-electron chi connectivity index (χ0n) is 14.8. The molecule has 1 atom stereocenters. The number of aromatic nitrogens is 4. The predicted molar refractivity (Wildman–Crippen MR) is 92.2 cm³/mol. The number of rotatable bonds is 3. The van der Waals surface area contributed by atoms with Gasteiger partial charge in [0.15, 0.2) is 0 Å². The molecule has 1 N–H and O–H groups in total. The number of nitrogens with one attached hydrogen (secondary N) is 1. The summed E-state index contributed by atoms with van der Waals surface area (Å²) in [5, 5.41) is 7.26. The van der Waals surface area contributed by atoms with Gasteiger partial charge in [-0.05, 0) is 31.7 Å². The molecule has 128 valence electrons. The molecule has 0 radical (unpaired) electrons. The second-order valence-electron chi connectivity index (χ2n) is 7.65. The van der Waals surface area contributed by atoms with Gasteiger partial charge in [-0.15, -0.1) is 0 Å². The van der Waals surface area contributed by atoms with Gasteiger partial charge in [-0.25, -0.2) is 0 Å². The largest absolute Gasteiger partial charge is 0.342 e. The van der Waals surface area contributed by atoms with Gasteiger partial charge >= 0.3 is 0 Å². The zero-order chi connectivity index (χ0) is 17.3. The lowest BCUT2D eigenvalue weighted by atomic mass is 9.95. The topological polar surface area (TPSA) is 74.8 Å². The first-order chi connectivity index (χ1) is 11.3. The molecule has 0 saturated carbocycles. The van der Waals surface area contributed by atoms with E-state index in [4.69, 9.17) is 0 Å². The van der Waals surface area contributed by atoms with Crippen LogP contribution in [-0.4, -0.2) is 44.1 Å². The van der Waals surface area contributed by atoms with Gasteiger partial charge in [-0.2, -0.15) is 5.10 Å². The van der Waals surface area contributed by atoms with E-state index in [1.165, 1.54) is 0 Å². The highest BCUT2D eigenvalue weighted by Crippen LogP contribution is 2.28. The van der Waals surface area contributed by atoms with Gasteiger partial charge in [0.1, 0.15) is 11.4 Å². The number of hydrogen-bond acceptors (Lipinski definition) is 4. The molecule has 1 aliphatic rings. The number of likely N-dealkylation sites (tertiary alicyclic amines) is 1. The quantitative estimate of drug-likeness (QED) is 0.940. The summed E-state index contributed by atoms with van der Waals surface area (Å²) in [5.74, 6) is 0.652. The minimum atomic E-state index is -0.320. The normalized spacial score (nSPS) is 18.2. The highest BCUT2D eigenvalue weighted by molar-refractivity contribution is 5.81. The number of amides is 1. The number of aromatic amines is 1. The Kier molecular flexibility index (Phi) is 4.39. The number of carbonyl (C=O) groups is 1. The second kappa shape index (κ2) is 6.34. The lowest BCUT2D eigenvalue weighted by Crippen LogP contribution is -2.38. The molecule has 0 unspecified atom stereocenters. The van der Waals surface area contributed by atoms with Crippen molar-refractivity contribution in [3.63, 3.8) is 0 Å². The maximum Gasteiger partial charge on any atom is 0.227 e. The fourth-order valence-corrected chi connectivity index (χ4v) is 3.20. The Morgan fingerprint density at radius 3 is 2.75 bits per heavy atom. The van der Waals surface area contributed by atoms with Gasteiger partial charge in [0.05, 0.1) is 5.69 Å². The number of aryl methyl sites for hydroxylation is 1. The molecular formula is C18H25N5O. The molecule has 0 spiro atoms. The van der Waals surface area contributed by atoms with Crippen LogP contribution in [0.5, 0.6) is 0 Å². The minimum absolute atomic E-state index is 0.229. The van der Waals surface area contributed by atoms with Crippen LogP contribution in [0.4, 0.5) is 0 Å². The lowest BCUT2D eigenvalue weighted by molar-refractivity contribution is -0.138. The van der Waals surface area contributed by atoms with E-state index in [0.29, 0.717) is 5.92 Å². The number of nitrogens with zero attached hydrogens (tertiary/aromatic N) is 4. The summed E-state index contributed by atoms with van der Waals surface area (Å²) in [4.78, 5) is 23.4. The Morgan fingerprint density at radius 2 is 2.08 bits per heavy atom.